The van der Waals surface area contributed by atoms with Crippen LogP contribution in [0.3, 0.4) is 0 Å². The summed E-state index contributed by atoms with van der Waals surface area (Å²) in [6.45, 7) is 4.41. The van der Waals surface area contributed by atoms with Crippen molar-refractivity contribution in [3.05, 3.63) is 46.5 Å². The highest BCUT2D eigenvalue weighted by Gasteiger charge is 2.59. The SMILES string of the molecule is CCc1cc2c(cc1CC)[C@@H]1C=C[C@H]2[C@@H]2C(=O)N(C3CCCCC3)C(=O)[C@@H]21. The van der Waals surface area contributed by atoms with E-state index in [0.717, 1.165) is 38.5 Å². The van der Waals surface area contributed by atoms with Crippen molar-refractivity contribution in [3.63, 3.8) is 0 Å². The fourth-order valence-electron chi connectivity index (χ4n) is 6.23. The van der Waals surface area contributed by atoms with Gasteiger partial charge in [-0.3, -0.25) is 14.5 Å². The van der Waals surface area contributed by atoms with Crippen LogP contribution < -0.4 is 0 Å². The van der Waals surface area contributed by atoms with Gasteiger partial charge in [0.05, 0.1) is 11.8 Å². The third-order valence-corrected chi connectivity index (χ3v) is 7.56. The highest BCUT2D eigenvalue weighted by molar-refractivity contribution is 6.07. The fraction of sp³-hybridized carbons (Fsp3) is 0.583. The van der Waals surface area contributed by atoms with Crippen LogP contribution in [-0.2, 0) is 22.4 Å². The zero-order valence-corrected chi connectivity index (χ0v) is 16.4. The van der Waals surface area contributed by atoms with Crippen LogP contribution in [0.4, 0.5) is 0 Å². The quantitative estimate of drug-likeness (QED) is 0.586. The summed E-state index contributed by atoms with van der Waals surface area (Å²) in [6.07, 6.45) is 12.0. The number of aryl methyl sites for hydroxylation is 2. The van der Waals surface area contributed by atoms with Crippen molar-refractivity contribution in [2.24, 2.45) is 11.8 Å². The molecular formula is C24H29NO2. The average molecular weight is 364 g/mol. The predicted octanol–water partition coefficient (Wildman–Crippen LogP) is 4.50. The summed E-state index contributed by atoms with van der Waals surface area (Å²) in [6, 6.07) is 4.82. The Morgan fingerprint density at radius 1 is 0.815 bits per heavy atom. The molecule has 1 aliphatic heterocycles. The molecule has 0 radical (unpaired) electrons. The molecule has 4 atom stereocenters. The molecular weight excluding hydrogens is 334 g/mol. The minimum Gasteiger partial charge on any atom is -0.279 e. The van der Waals surface area contributed by atoms with E-state index < -0.39 is 0 Å². The van der Waals surface area contributed by atoms with Gasteiger partial charge in [0.25, 0.3) is 0 Å². The van der Waals surface area contributed by atoms with Gasteiger partial charge in [0.2, 0.25) is 11.8 Å². The van der Waals surface area contributed by atoms with Gasteiger partial charge in [0, 0.05) is 17.9 Å². The van der Waals surface area contributed by atoms with Crippen LogP contribution in [0.15, 0.2) is 24.3 Å². The number of nitrogens with zero attached hydrogens (tertiary/aromatic N) is 1. The van der Waals surface area contributed by atoms with Gasteiger partial charge >= 0.3 is 0 Å². The first-order valence-electron chi connectivity index (χ1n) is 10.9. The molecule has 1 aromatic carbocycles. The molecule has 5 aliphatic rings. The second-order valence-corrected chi connectivity index (χ2v) is 8.78. The van der Waals surface area contributed by atoms with Crippen molar-refractivity contribution in [1.29, 1.82) is 0 Å². The fourth-order valence-corrected chi connectivity index (χ4v) is 6.23. The van der Waals surface area contributed by atoms with Crippen molar-refractivity contribution in [2.45, 2.75) is 76.7 Å². The van der Waals surface area contributed by atoms with E-state index in [1.807, 2.05) is 0 Å². The lowest BCUT2D eigenvalue weighted by Crippen LogP contribution is -2.42. The number of rotatable bonds is 3. The minimum absolute atomic E-state index is 0.0799. The smallest absolute Gasteiger partial charge is 0.234 e. The molecule has 3 nitrogen and oxygen atoms in total. The first-order valence-corrected chi connectivity index (χ1v) is 10.9. The second kappa shape index (κ2) is 6.32. The third kappa shape index (κ3) is 2.33. The molecule has 0 unspecified atom stereocenters. The summed E-state index contributed by atoms with van der Waals surface area (Å²) >= 11 is 0. The molecule has 0 spiro atoms. The number of allylic oxidation sites excluding steroid dienone is 2. The Bertz CT molecular complexity index is 774. The number of imide groups is 1. The molecule has 2 bridgehead atoms. The zero-order valence-electron chi connectivity index (χ0n) is 16.4. The van der Waals surface area contributed by atoms with Crippen LogP contribution in [0.25, 0.3) is 0 Å². The highest BCUT2D eigenvalue weighted by Crippen LogP contribution is 2.56. The number of likely N-dealkylation sites (tertiary alicyclic amines) is 1. The van der Waals surface area contributed by atoms with Crippen LogP contribution >= 0.6 is 0 Å². The van der Waals surface area contributed by atoms with Crippen molar-refractivity contribution in [3.8, 4) is 0 Å². The largest absolute Gasteiger partial charge is 0.279 e. The Balaban J connectivity index is 1.57. The first kappa shape index (κ1) is 17.2. The normalized spacial score (nSPS) is 32.1. The molecule has 1 saturated heterocycles. The van der Waals surface area contributed by atoms with Crippen LogP contribution in [0, 0.1) is 11.8 Å². The molecule has 1 saturated carbocycles. The first-order chi connectivity index (χ1) is 13.2. The van der Waals surface area contributed by atoms with Crippen LogP contribution in [0.1, 0.15) is 80.0 Å². The maximum atomic E-state index is 13.4. The molecule has 1 aromatic rings. The third-order valence-electron chi connectivity index (χ3n) is 7.56. The predicted molar refractivity (Wildman–Crippen MR) is 106 cm³/mol. The van der Waals surface area contributed by atoms with Crippen molar-refractivity contribution in [1.82, 2.24) is 4.90 Å². The summed E-state index contributed by atoms with van der Waals surface area (Å²) in [4.78, 5) is 28.5. The lowest BCUT2D eigenvalue weighted by Gasteiger charge is -2.41. The topological polar surface area (TPSA) is 37.4 Å². The Kier molecular flexibility index (Phi) is 4.03. The second-order valence-electron chi connectivity index (χ2n) is 8.78. The van der Waals surface area contributed by atoms with E-state index in [4.69, 9.17) is 0 Å². The van der Waals surface area contributed by atoms with Gasteiger partial charge in [-0.15, -0.1) is 0 Å². The lowest BCUT2D eigenvalue weighted by molar-refractivity contribution is -0.143. The molecule has 0 aromatic heterocycles. The average Bonchev–Trinajstić information content (AvgIpc) is 3.00. The molecule has 27 heavy (non-hydrogen) atoms. The molecule has 2 fully saturated rings. The molecule has 6 rings (SSSR count). The maximum Gasteiger partial charge on any atom is 0.234 e. The van der Waals surface area contributed by atoms with Gasteiger partial charge in [-0.05, 0) is 47.9 Å². The summed E-state index contributed by atoms with van der Waals surface area (Å²) < 4.78 is 0. The Hall–Kier alpha value is -1.90. The molecule has 4 aliphatic carbocycles. The van der Waals surface area contributed by atoms with Crippen LogP contribution in [0.5, 0.6) is 0 Å². The van der Waals surface area contributed by atoms with Crippen molar-refractivity contribution < 1.29 is 9.59 Å². The van der Waals surface area contributed by atoms with E-state index in [9.17, 15) is 9.59 Å². The Morgan fingerprint density at radius 2 is 1.30 bits per heavy atom. The van der Waals surface area contributed by atoms with Gasteiger partial charge in [0.1, 0.15) is 0 Å². The van der Waals surface area contributed by atoms with E-state index >= 15 is 0 Å². The summed E-state index contributed by atoms with van der Waals surface area (Å²) in [5.41, 5.74) is 5.42. The number of benzene rings is 1. The highest BCUT2D eigenvalue weighted by atomic mass is 16.2. The number of carbonyl (C=O) groups is 2. The van der Waals surface area contributed by atoms with Gasteiger partial charge in [0.15, 0.2) is 0 Å². The van der Waals surface area contributed by atoms with Gasteiger partial charge < -0.3 is 0 Å². The maximum absolute atomic E-state index is 13.4. The van der Waals surface area contributed by atoms with E-state index in [1.165, 1.54) is 28.7 Å². The molecule has 3 heteroatoms. The van der Waals surface area contributed by atoms with E-state index in [1.54, 1.807) is 4.90 Å². The summed E-state index contributed by atoms with van der Waals surface area (Å²) in [5, 5.41) is 0. The Labute approximate surface area is 161 Å². The molecule has 1 heterocycles. The van der Waals surface area contributed by atoms with Crippen molar-refractivity contribution >= 4 is 11.8 Å². The van der Waals surface area contributed by atoms with Gasteiger partial charge in [-0.2, -0.15) is 0 Å². The molecule has 142 valence electrons. The van der Waals surface area contributed by atoms with Crippen LogP contribution in [0.2, 0.25) is 0 Å². The summed E-state index contributed by atoms with van der Waals surface area (Å²) in [7, 11) is 0. The monoisotopic (exact) mass is 363 g/mol. The standard InChI is InChI=1S/C24H29NO2/c1-3-14-12-19-17-10-11-18(20(19)13-15(14)4-2)22-21(17)23(26)25(24(22)27)16-8-6-5-7-9-16/h10-13,16-18,21-22H,3-9H2,1-2H3/t17-,18+,21+,22-. The lowest BCUT2D eigenvalue weighted by atomic mass is 9.60. The minimum atomic E-state index is -0.167. The zero-order chi connectivity index (χ0) is 18.7. The number of amides is 2. The van der Waals surface area contributed by atoms with E-state index in [-0.39, 0.29) is 41.5 Å². The van der Waals surface area contributed by atoms with Gasteiger partial charge in [-0.1, -0.05) is 57.4 Å². The van der Waals surface area contributed by atoms with Crippen molar-refractivity contribution in [2.75, 3.05) is 0 Å². The van der Waals surface area contributed by atoms with Gasteiger partial charge in [-0.25, -0.2) is 0 Å². The molecule has 2 amide bonds. The number of hydrogen-bond donors (Lipinski definition) is 0. The Morgan fingerprint density at radius 3 is 1.74 bits per heavy atom. The number of hydrogen-bond acceptors (Lipinski definition) is 2. The molecule has 0 N–H and O–H groups in total. The van der Waals surface area contributed by atoms with E-state index in [0.29, 0.717) is 0 Å². The number of carbonyl (C=O) groups excluding carboxylic acids is 2. The van der Waals surface area contributed by atoms with E-state index in [2.05, 4.69) is 38.1 Å². The summed E-state index contributed by atoms with van der Waals surface area (Å²) in [5.74, 6) is 0.0461. The van der Waals surface area contributed by atoms with Crippen LogP contribution in [-0.4, -0.2) is 22.8 Å².